The van der Waals surface area contributed by atoms with Crippen LogP contribution in [0.15, 0.2) is 41.3 Å². The third-order valence-electron chi connectivity index (χ3n) is 4.78. The molecule has 1 aliphatic rings. The van der Waals surface area contributed by atoms with Crippen molar-refractivity contribution in [2.45, 2.75) is 11.8 Å². The van der Waals surface area contributed by atoms with E-state index in [1.165, 1.54) is 41.0 Å². The van der Waals surface area contributed by atoms with Crippen molar-refractivity contribution in [3.05, 3.63) is 47.5 Å². The van der Waals surface area contributed by atoms with Gasteiger partial charge in [-0.3, -0.25) is 10.1 Å². The van der Waals surface area contributed by atoms with Gasteiger partial charge in [-0.1, -0.05) is 17.4 Å². The predicted molar refractivity (Wildman–Crippen MR) is 115 cm³/mol. The summed E-state index contributed by atoms with van der Waals surface area (Å²) in [5.74, 6) is -0.250. The number of hydrogen-bond donors (Lipinski definition) is 1. The molecule has 158 valence electrons. The van der Waals surface area contributed by atoms with Crippen LogP contribution in [-0.4, -0.2) is 57.0 Å². The van der Waals surface area contributed by atoms with Crippen molar-refractivity contribution in [3.8, 4) is 5.75 Å². The van der Waals surface area contributed by atoms with Crippen LogP contribution in [0, 0.1) is 6.92 Å². The van der Waals surface area contributed by atoms with E-state index in [1.807, 2.05) is 25.1 Å². The smallest absolute Gasteiger partial charge is 0.257 e. The maximum absolute atomic E-state index is 13.1. The summed E-state index contributed by atoms with van der Waals surface area (Å²) >= 11 is 1.37. The summed E-state index contributed by atoms with van der Waals surface area (Å²) < 4.78 is 39.0. The lowest BCUT2D eigenvalue weighted by Gasteiger charge is -2.26. The summed E-state index contributed by atoms with van der Waals surface area (Å²) in [5.41, 5.74) is 2.11. The fourth-order valence-corrected chi connectivity index (χ4v) is 5.75. The Balaban J connectivity index is 1.63. The minimum Gasteiger partial charge on any atom is -0.495 e. The lowest BCUT2D eigenvalue weighted by Crippen LogP contribution is -2.40. The Morgan fingerprint density at radius 1 is 1.20 bits per heavy atom. The Morgan fingerprint density at radius 3 is 2.70 bits per heavy atom. The molecule has 0 bridgehead atoms. The number of aryl methyl sites for hydroxylation is 1. The summed E-state index contributed by atoms with van der Waals surface area (Å²) in [7, 11) is -2.42. The van der Waals surface area contributed by atoms with Crippen molar-refractivity contribution in [2.75, 3.05) is 38.7 Å². The van der Waals surface area contributed by atoms with Gasteiger partial charge in [-0.25, -0.2) is 13.4 Å². The number of amides is 1. The van der Waals surface area contributed by atoms with Crippen molar-refractivity contribution < 1.29 is 22.7 Å². The first-order valence-electron chi connectivity index (χ1n) is 9.33. The summed E-state index contributed by atoms with van der Waals surface area (Å²) in [5, 5.41) is 3.21. The third-order valence-corrected chi connectivity index (χ3v) is 7.63. The molecule has 8 nitrogen and oxygen atoms in total. The van der Waals surface area contributed by atoms with E-state index in [-0.39, 0.29) is 29.3 Å². The van der Waals surface area contributed by atoms with E-state index in [4.69, 9.17) is 9.47 Å². The van der Waals surface area contributed by atoms with Crippen LogP contribution >= 0.6 is 11.3 Å². The standard InChI is InChI=1S/C20H21N3O5S2/c1-13-3-5-15-17(11-13)29-20(21-15)22-19(24)14-4-6-16(27-2)18(12-14)30(25,26)23-7-9-28-10-8-23/h3-6,11-12H,7-10H2,1-2H3,(H,21,22,24). The molecule has 10 heteroatoms. The molecule has 1 N–H and O–H groups in total. The van der Waals surface area contributed by atoms with Gasteiger partial charge in [0.1, 0.15) is 10.6 Å². The van der Waals surface area contributed by atoms with Crippen LogP contribution in [0.5, 0.6) is 5.75 Å². The first-order chi connectivity index (χ1) is 14.4. The molecule has 0 unspecified atom stereocenters. The molecule has 0 atom stereocenters. The molecule has 0 spiro atoms. The highest BCUT2D eigenvalue weighted by molar-refractivity contribution is 7.89. The zero-order valence-electron chi connectivity index (χ0n) is 16.5. The molecule has 0 aliphatic carbocycles. The number of rotatable bonds is 5. The second-order valence-corrected chi connectivity index (χ2v) is 9.76. The predicted octanol–water partition coefficient (Wildman–Crippen LogP) is 2.89. The van der Waals surface area contributed by atoms with E-state index < -0.39 is 15.9 Å². The average Bonchev–Trinajstić information content (AvgIpc) is 3.15. The normalized spacial score (nSPS) is 15.3. The number of carbonyl (C=O) groups excluding carboxylic acids is 1. The lowest BCUT2D eigenvalue weighted by molar-refractivity contribution is 0.0729. The van der Waals surface area contributed by atoms with Crippen molar-refractivity contribution in [1.29, 1.82) is 0 Å². The second-order valence-electron chi connectivity index (χ2n) is 6.83. The zero-order valence-corrected chi connectivity index (χ0v) is 18.2. The number of hydrogen-bond acceptors (Lipinski definition) is 7. The van der Waals surface area contributed by atoms with E-state index in [0.717, 1.165) is 15.8 Å². The maximum Gasteiger partial charge on any atom is 0.257 e. The minimum absolute atomic E-state index is 0.0422. The summed E-state index contributed by atoms with van der Waals surface area (Å²) in [6, 6.07) is 10.2. The summed E-state index contributed by atoms with van der Waals surface area (Å²) in [6.45, 7) is 3.17. The fraction of sp³-hybridized carbons (Fsp3) is 0.300. The number of carbonyl (C=O) groups is 1. The molecule has 4 rings (SSSR count). The quantitative estimate of drug-likeness (QED) is 0.646. The number of benzene rings is 2. The summed E-state index contributed by atoms with van der Waals surface area (Å²) in [6.07, 6.45) is 0. The van der Waals surface area contributed by atoms with Gasteiger partial charge in [-0.15, -0.1) is 0 Å². The number of morpholine rings is 1. The lowest BCUT2D eigenvalue weighted by atomic mass is 10.2. The SMILES string of the molecule is COc1ccc(C(=O)Nc2nc3ccc(C)cc3s2)cc1S(=O)(=O)N1CCOCC1. The highest BCUT2D eigenvalue weighted by atomic mass is 32.2. The van der Waals surface area contributed by atoms with Gasteiger partial charge in [0, 0.05) is 18.7 Å². The number of sulfonamides is 1. The third kappa shape index (κ3) is 4.04. The highest BCUT2D eigenvalue weighted by Gasteiger charge is 2.30. The fourth-order valence-electron chi connectivity index (χ4n) is 3.20. The summed E-state index contributed by atoms with van der Waals surface area (Å²) in [4.78, 5) is 17.2. The number of nitrogens with zero attached hydrogens (tertiary/aromatic N) is 2. The van der Waals surface area contributed by atoms with Crippen LogP contribution in [0.2, 0.25) is 0 Å². The van der Waals surface area contributed by atoms with Crippen molar-refractivity contribution in [3.63, 3.8) is 0 Å². The number of ether oxygens (including phenoxy) is 2. The number of fused-ring (bicyclic) bond motifs is 1. The van der Waals surface area contributed by atoms with Crippen LogP contribution in [0.25, 0.3) is 10.2 Å². The van der Waals surface area contributed by atoms with Gasteiger partial charge in [0.2, 0.25) is 10.0 Å². The van der Waals surface area contributed by atoms with Gasteiger partial charge in [-0.2, -0.15) is 4.31 Å². The molecule has 0 saturated carbocycles. The van der Waals surface area contributed by atoms with Gasteiger partial charge in [0.25, 0.3) is 5.91 Å². The highest BCUT2D eigenvalue weighted by Crippen LogP contribution is 2.30. The van der Waals surface area contributed by atoms with Gasteiger partial charge >= 0.3 is 0 Å². The van der Waals surface area contributed by atoms with Crippen molar-refractivity contribution >= 4 is 42.6 Å². The topological polar surface area (TPSA) is 97.8 Å². The second kappa shape index (κ2) is 8.31. The van der Waals surface area contributed by atoms with Gasteiger partial charge in [0.05, 0.1) is 30.5 Å². The average molecular weight is 448 g/mol. The molecular formula is C20H21N3O5S2. The van der Waals surface area contributed by atoms with E-state index in [1.54, 1.807) is 0 Å². The molecule has 30 heavy (non-hydrogen) atoms. The number of thiazole rings is 1. The van der Waals surface area contributed by atoms with Crippen molar-refractivity contribution in [2.24, 2.45) is 0 Å². The number of anilines is 1. The monoisotopic (exact) mass is 447 g/mol. The number of methoxy groups -OCH3 is 1. The van der Waals surface area contributed by atoms with Gasteiger partial charge < -0.3 is 9.47 Å². The molecule has 2 heterocycles. The van der Waals surface area contributed by atoms with E-state index in [0.29, 0.717) is 18.3 Å². The van der Waals surface area contributed by atoms with E-state index in [9.17, 15) is 13.2 Å². The van der Waals surface area contributed by atoms with Crippen LogP contribution in [-0.2, 0) is 14.8 Å². The molecule has 1 aromatic heterocycles. The molecule has 2 aromatic carbocycles. The van der Waals surface area contributed by atoms with Crippen LogP contribution in [0.1, 0.15) is 15.9 Å². The maximum atomic E-state index is 13.1. The van der Waals surface area contributed by atoms with E-state index >= 15 is 0 Å². The van der Waals surface area contributed by atoms with E-state index in [2.05, 4.69) is 10.3 Å². The molecule has 1 saturated heterocycles. The number of nitrogens with one attached hydrogen (secondary N) is 1. The molecule has 1 aliphatic heterocycles. The van der Waals surface area contributed by atoms with Gasteiger partial charge in [-0.05, 0) is 42.8 Å². The van der Waals surface area contributed by atoms with Crippen LogP contribution < -0.4 is 10.1 Å². The van der Waals surface area contributed by atoms with Crippen molar-refractivity contribution in [1.82, 2.24) is 9.29 Å². The zero-order chi connectivity index (χ0) is 21.3. The molecule has 1 amide bonds. The molecular weight excluding hydrogens is 426 g/mol. The van der Waals surface area contributed by atoms with Crippen LogP contribution in [0.3, 0.4) is 0 Å². The van der Waals surface area contributed by atoms with Crippen LogP contribution in [0.4, 0.5) is 5.13 Å². The number of aromatic nitrogens is 1. The first kappa shape index (κ1) is 20.7. The minimum atomic E-state index is -3.82. The molecule has 1 fully saturated rings. The Hall–Kier alpha value is -2.53. The van der Waals surface area contributed by atoms with Gasteiger partial charge in [0.15, 0.2) is 5.13 Å². The Labute approximate surface area is 178 Å². The molecule has 3 aromatic rings. The Morgan fingerprint density at radius 2 is 1.97 bits per heavy atom. The Bertz CT molecular complexity index is 1200. The largest absolute Gasteiger partial charge is 0.495 e. The molecule has 0 radical (unpaired) electrons. The Kier molecular flexibility index (Phi) is 5.74. The first-order valence-corrected chi connectivity index (χ1v) is 11.6.